The van der Waals surface area contributed by atoms with Gasteiger partial charge in [-0.2, -0.15) is 0 Å². The van der Waals surface area contributed by atoms with Gasteiger partial charge in [0.25, 0.3) is 0 Å². The number of hydrogen-bond donors (Lipinski definition) is 0. The van der Waals surface area contributed by atoms with E-state index < -0.39 is 0 Å². The smallest absolute Gasteiger partial charge is 0.0462 e. The maximum Gasteiger partial charge on any atom is 0.0462 e. The number of fused-ring (bicyclic) bond motifs is 2. The summed E-state index contributed by atoms with van der Waals surface area (Å²) in [5, 5.41) is 0. The molecule has 52 heavy (non-hydrogen) atoms. The van der Waals surface area contributed by atoms with Crippen molar-refractivity contribution in [3.63, 3.8) is 0 Å². The highest BCUT2D eigenvalue weighted by molar-refractivity contribution is 8.05. The molecule has 2 nitrogen and oxygen atoms in total. The lowest BCUT2D eigenvalue weighted by atomic mass is 10.0. The van der Waals surface area contributed by atoms with E-state index in [-0.39, 0.29) is 0 Å². The zero-order valence-corrected chi connectivity index (χ0v) is 30.0. The number of hydrogen-bond acceptors (Lipinski definition) is 4. The molecule has 0 aromatic heterocycles. The van der Waals surface area contributed by atoms with Gasteiger partial charge in [-0.3, -0.25) is 0 Å². The standard InChI is InChI=1S/C48H34N2S2/c1-5-15-37(16-6-1)49(38-17-7-2-8-18-38)41-31-27-35(28-32-41)43-23-13-25-45-47(43)52-48-44(24-14-26-46(48)51-45)36-29-33-42(34-30-36)50(39-19-9-3-10-20-39)40-21-11-4-12-22-40/h1-34H. The molecule has 0 atom stereocenters. The molecule has 8 aromatic rings. The van der Waals surface area contributed by atoms with Gasteiger partial charge >= 0.3 is 0 Å². The third-order valence-electron chi connectivity index (χ3n) is 9.31. The van der Waals surface area contributed by atoms with Crippen LogP contribution in [0.4, 0.5) is 34.1 Å². The molecular weight excluding hydrogens is 669 g/mol. The van der Waals surface area contributed by atoms with Crippen LogP contribution >= 0.6 is 23.5 Å². The predicted octanol–water partition coefficient (Wildman–Crippen LogP) is 14.6. The van der Waals surface area contributed by atoms with E-state index in [0.717, 1.165) is 34.1 Å². The van der Waals surface area contributed by atoms with Crippen molar-refractivity contribution in [3.8, 4) is 22.3 Å². The molecule has 1 heterocycles. The minimum atomic E-state index is 1.13. The minimum absolute atomic E-state index is 1.13. The first kappa shape index (κ1) is 32.0. The van der Waals surface area contributed by atoms with Crippen LogP contribution in [0.5, 0.6) is 0 Å². The second-order valence-electron chi connectivity index (χ2n) is 12.6. The molecule has 0 saturated heterocycles. The van der Waals surface area contributed by atoms with E-state index >= 15 is 0 Å². The Bertz CT molecular complexity index is 2180. The van der Waals surface area contributed by atoms with Crippen LogP contribution in [0.25, 0.3) is 22.3 Å². The van der Waals surface area contributed by atoms with Crippen molar-refractivity contribution in [2.45, 2.75) is 19.6 Å². The van der Waals surface area contributed by atoms with Gasteiger partial charge in [-0.25, -0.2) is 0 Å². The summed E-state index contributed by atoms with van der Waals surface area (Å²) in [6.45, 7) is 0. The van der Waals surface area contributed by atoms with Crippen LogP contribution in [0.15, 0.2) is 226 Å². The maximum atomic E-state index is 2.31. The molecule has 0 N–H and O–H groups in total. The summed E-state index contributed by atoms with van der Waals surface area (Å²) in [6.07, 6.45) is 0. The quantitative estimate of drug-likeness (QED) is 0.155. The number of rotatable bonds is 8. The van der Waals surface area contributed by atoms with Crippen molar-refractivity contribution >= 4 is 57.6 Å². The summed E-state index contributed by atoms with van der Waals surface area (Å²) in [6, 6.07) is 73.7. The van der Waals surface area contributed by atoms with Gasteiger partial charge in [0.2, 0.25) is 0 Å². The van der Waals surface area contributed by atoms with Crippen LogP contribution < -0.4 is 9.80 Å². The van der Waals surface area contributed by atoms with E-state index in [9.17, 15) is 0 Å². The molecular formula is C48H34N2S2. The second-order valence-corrected chi connectivity index (χ2v) is 14.7. The second kappa shape index (κ2) is 14.4. The summed E-state index contributed by atoms with van der Waals surface area (Å²) in [5.74, 6) is 0. The lowest BCUT2D eigenvalue weighted by Crippen LogP contribution is -2.09. The van der Waals surface area contributed by atoms with E-state index in [4.69, 9.17) is 0 Å². The van der Waals surface area contributed by atoms with E-state index in [1.807, 2.05) is 23.5 Å². The van der Waals surface area contributed by atoms with Crippen LogP contribution in [0.2, 0.25) is 0 Å². The molecule has 4 heteroatoms. The average molecular weight is 703 g/mol. The Hall–Kier alpha value is -5.94. The van der Waals surface area contributed by atoms with Crippen molar-refractivity contribution in [2.75, 3.05) is 9.80 Å². The first-order valence-corrected chi connectivity index (χ1v) is 19.1. The number of nitrogens with zero attached hydrogens (tertiary/aromatic N) is 2. The van der Waals surface area contributed by atoms with Crippen molar-refractivity contribution < 1.29 is 0 Å². The first-order chi connectivity index (χ1) is 25.8. The summed E-state index contributed by atoms with van der Waals surface area (Å²) in [5.41, 5.74) is 11.7. The summed E-state index contributed by atoms with van der Waals surface area (Å²) < 4.78 is 0. The normalized spacial score (nSPS) is 11.7. The van der Waals surface area contributed by atoms with Crippen LogP contribution in [0.3, 0.4) is 0 Å². The molecule has 0 amide bonds. The molecule has 0 saturated carbocycles. The van der Waals surface area contributed by atoms with Crippen LogP contribution in [-0.2, 0) is 0 Å². The molecule has 9 rings (SSSR count). The fraction of sp³-hybridized carbons (Fsp3) is 0. The third-order valence-corrected chi connectivity index (χ3v) is 12.0. The molecule has 0 aliphatic carbocycles. The molecule has 248 valence electrons. The molecule has 0 spiro atoms. The molecule has 8 aromatic carbocycles. The molecule has 0 fully saturated rings. The molecule has 1 aliphatic heterocycles. The van der Waals surface area contributed by atoms with Gasteiger partial charge in [0, 0.05) is 53.7 Å². The van der Waals surface area contributed by atoms with E-state index in [1.165, 1.54) is 41.8 Å². The van der Waals surface area contributed by atoms with Gasteiger partial charge < -0.3 is 9.80 Å². The average Bonchev–Trinajstić information content (AvgIpc) is 3.22. The highest BCUT2D eigenvalue weighted by Gasteiger charge is 2.24. The van der Waals surface area contributed by atoms with Crippen molar-refractivity contribution in [1.82, 2.24) is 0 Å². The summed E-state index contributed by atoms with van der Waals surface area (Å²) in [4.78, 5) is 9.81. The van der Waals surface area contributed by atoms with Gasteiger partial charge in [-0.05, 0) is 107 Å². The zero-order valence-electron chi connectivity index (χ0n) is 28.3. The monoisotopic (exact) mass is 702 g/mol. The van der Waals surface area contributed by atoms with Crippen LogP contribution in [0, 0.1) is 0 Å². The Kier molecular flexibility index (Phi) is 8.83. The maximum absolute atomic E-state index is 2.31. The molecule has 0 unspecified atom stereocenters. The highest BCUT2D eigenvalue weighted by Crippen LogP contribution is 2.54. The predicted molar refractivity (Wildman–Crippen MR) is 221 cm³/mol. The zero-order chi connectivity index (χ0) is 34.7. The van der Waals surface area contributed by atoms with Crippen molar-refractivity contribution in [1.29, 1.82) is 0 Å². The molecule has 0 bridgehead atoms. The van der Waals surface area contributed by atoms with Crippen molar-refractivity contribution in [2.24, 2.45) is 0 Å². The van der Waals surface area contributed by atoms with Gasteiger partial charge in [0.05, 0.1) is 0 Å². The number of benzene rings is 8. The Morgan fingerprint density at radius 1 is 0.250 bits per heavy atom. The van der Waals surface area contributed by atoms with Crippen LogP contribution in [0.1, 0.15) is 0 Å². The summed E-state index contributed by atoms with van der Waals surface area (Å²) in [7, 11) is 0. The Morgan fingerprint density at radius 3 is 0.885 bits per heavy atom. The largest absolute Gasteiger partial charge is 0.311 e. The van der Waals surface area contributed by atoms with Gasteiger partial charge in [0.15, 0.2) is 0 Å². The number of para-hydroxylation sites is 4. The fourth-order valence-corrected chi connectivity index (χ4v) is 9.43. The summed E-state index contributed by atoms with van der Waals surface area (Å²) >= 11 is 3.76. The van der Waals surface area contributed by atoms with E-state index in [1.54, 1.807) is 0 Å². The fourth-order valence-electron chi connectivity index (χ4n) is 6.86. The lowest BCUT2D eigenvalue weighted by molar-refractivity contribution is 1.16. The topological polar surface area (TPSA) is 6.48 Å². The molecule has 0 radical (unpaired) electrons. The van der Waals surface area contributed by atoms with Crippen LogP contribution in [-0.4, -0.2) is 0 Å². The Morgan fingerprint density at radius 2 is 0.558 bits per heavy atom. The number of anilines is 6. The first-order valence-electron chi connectivity index (χ1n) is 17.4. The van der Waals surface area contributed by atoms with Gasteiger partial charge in [0.1, 0.15) is 0 Å². The van der Waals surface area contributed by atoms with Gasteiger partial charge in [-0.1, -0.05) is 145 Å². The van der Waals surface area contributed by atoms with E-state index in [0.29, 0.717) is 0 Å². The van der Waals surface area contributed by atoms with Gasteiger partial charge in [-0.15, -0.1) is 0 Å². The Balaban J connectivity index is 1.04. The lowest BCUT2D eigenvalue weighted by Gasteiger charge is -2.26. The van der Waals surface area contributed by atoms with Crippen molar-refractivity contribution in [3.05, 3.63) is 206 Å². The SMILES string of the molecule is c1ccc(N(c2ccccc2)c2ccc(-c3cccc4c3Sc3c(cccc3-c3ccc(N(c5ccccc5)c5ccccc5)cc3)S4)cc2)cc1. The minimum Gasteiger partial charge on any atom is -0.311 e. The third kappa shape index (κ3) is 6.28. The molecule has 1 aliphatic rings. The Labute approximate surface area is 314 Å². The van der Waals surface area contributed by atoms with E-state index in [2.05, 4.69) is 216 Å². The highest BCUT2D eigenvalue weighted by atomic mass is 32.2.